The highest BCUT2D eigenvalue weighted by molar-refractivity contribution is 6.03. The predicted molar refractivity (Wildman–Crippen MR) is 77.5 cm³/mol. The van der Waals surface area contributed by atoms with Crippen LogP contribution in [0.1, 0.15) is 23.0 Å². The van der Waals surface area contributed by atoms with Gasteiger partial charge in [0, 0.05) is 24.1 Å². The summed E-state index contributed by atoms with van der Waals surface area (Å²) in [5, 5.41) is 5.77. The summed E-state index contributed by atoms with van der Waals surface area (Å²) in [5.41, 5.74) is 2.35. The molecular formula is C15H16FN3O. The summed E-state index contributed by atoms with van der Waals surface area (Å²) in [6, 6.07) is 7.71. The Balaban J connectivity index is 2.19. The number of anilines is 2. The van der Waals surface area contributed by atoms with E-state index in [1.54, 1.807) is 31.3 Å². The van der Waals surface area contributed by atoms with E-state index in [9.17, 15) is 9.18 Å². The van der Waals surface area contributed by atoms with Gasteiger partial charge in [0.1, 0.15) is 11.5 Å². The molecule has 0 atom stereocenters. The van der Waals surface area contributed by atoms with Crippen LogP contribution in [0.4, 0.5) is 15.8 Å². The lowest BCUT2D eigenvalue weighted by atomic mass is 10.2. The predicted octanol–water partition coefficient (Wildman–Crippen LogP) is 3.21. The van der Waals surface area contributed by atoms with Gasteiger partial charge >= 0.3 is 0 Å². The van der Waals surface area contributed by atoms with E-state index in [0.717, 1.165) is 17.8 Å². The molecule has 0 radical (unpaired) electrons. The van der Waals surface area contributed by atoms with Crippen LogP contribution in [0.15, 0.2) is 36.5 Å². The van der Waals surface area contributed by atoms with Crippen molar-refractivity contribution in [2.75, 3.05) is 17.2 Å². The second-order valence-corrected chi connectivity index (χ2v) is 4.37. The second kappa shape index (κ2) is 6.14. The third-order valence-electron chi connectivity index (χ3n) is 2.82. The summed E-state index contributed by atoms with van der Waals surface area (Å²) < 4.78 is 13.2. The molecule has 20 heavy (non-hydrogen) atoms. The Morgan fingerprint density at radius 2 is 2.10 bits per heavy atom. The van der Waals surface area contributed by atoms with Crippen LogP contribution in [-0.2, 0) is 0 Å². The van der Waals surface area contributed by atoms with Gasteiger partial charge in [-0.1, -0.05) is 6.07 Å². The minimum Gasteiger partial charge on any atom is -0.385 e. The quantitative estimate of drug-likeness (QED) is 0.899. The molecule has 1 aromatic carbocycles. The lowest BCUT2D eigenvalue weighted by Gasteiger charge is -2.09. The Labute approximate surface area is 117 Å². The van der Waals surface area contributed by atoms with Crippen molar-refractivity contribution < 1.29 is 9.18 Å². The van der Waals surface area contributed by atoms with E-state index in [4.69, 9.17) is 0 Å². The number of carbonyl (C=O) groups is 1. The maximum atomic E-state index is 13.2. The number of nitrogens with zero attached hydrogens (tertiary/aromatic N) is 1. The average molecular weight is 273 g/mol. The van der Waals surface area contributed by atoms with Crippen LogP contribution in [0.25, 0.3) is 0 Å². The van der Waals surface area contributed by atoms with Crippen LogP contribution in [0.2, 0.25) is 0 Å². The van der Waals surface area contributed by atoms with Crippen molar-refractivity contribution in [3.8, 4) is 0 Å². The van der Waals surface area contributed by atoms with Gasteiger partial charge in [0.15, 0.2) is 0 Å². The summed E-state index contributed by atoms with van der Waals surface area (Å²) in [7, 11) is 0. The number of hydrogen-bond donors (Lipinski definition) is 2. The molecule has 0 aliphatic carbocycles. The molecule has 0 bridgehead atoms. The first-order valence-corrected chi connectivity index (χ1v) is 6.37. The fraction of sp³-hybridized carbons (Fsp3) is 0.200. The number of hydrogen-bond acceptors (Lipinski definition) is 3. The average Bonchev–Trinajstić information content (AvgIpc) is 2.43. The van der Waals surface area contributed by atoms with E-state index >= 15 is 0 Å². The molecule has 1 heterocycles. The Bertz CT molecular complexity index is 628. The third-order valence-corrected chi connectivity index (χ3v) is 2.82. The Hall–Kier alpha value is -2.43. The zero-order valence-corrected chi connectivity index (χ0v) is 11.4. The monoisotopic (exact) mass is 273 g/mol. The number of pyridine rings is 1. The highest BCUT2D eigenvalue weighted by Crippen LogP contribution is 2.17. The van der Waals surface area contributed by atoms with Gasteiger partial charge in [-0.15, -0.1) is 0 Å². The molecule has 1 amide bonds. The Morgan fingerprint density at radius 3 is 2.85 bits per heavy atom. The molecule has 0 aliphatic heterocycles. The molecule has 0 saturated carbocycles. The van der Waals surface area contributed by atoms with Gasteiger partial charge in [0.05, 0.1) is 0 Å². The minimum absolute atomic E-state index is 0.284. The largest absolute Gasteiger partial charge is 0.385 e. The number of halogens is 1. The number of benzene rings is 1. The van der Waals surface area contributed by atoms with Gasteiger partial charge in [0.2, 0.25) is 0 Å². The van der Waals surface area contributed by atoms with Crippen LogP contribution in [0.3, 0.4) is 0 Å². The summed E-state index contributed by atoms with van der Waals surface area (Å²) in [5.74, 6) is -0.751. The van der Waals surface area contributed by atoms with Crippen molar-refractivity contribution in [2.45, 2.75) is 13.8 Å². The zero-order chi connectivity index (χ0) is 14.5. The maximum Gasteiger partial charge on any atom is 0.274 e. The number of amides is 1. The molecular weight excluding hydrogens is 257 g/mol. The van der Waals surface area contributed by atoms with Gasteiger partial charge in [-0.05, 0) is 43.7 Å². The minimum atomic E-state index is -0.389. The van der Waals surface area contributed by atoms with Crippen molar-refractivity contribution >= 4 is 17.3 Å². The lowest BCUT2D eigenvalue weighted by Crippen LogP contribution is -2.15. The Kier molecular flexibility index (Phi) is 4.30. The number of aromatic nitrogens is 1. The van der Waals surface area contributed by atoms with E-state index < -0.39 is 0 Å². The first-order valence-electron chi connectivity index (χ1n) is 6.37. The molecule has 0 saturated heterocycles. The van der Waals surface area contributed by atoms with Crippen LogP contribution < -0.4 is 10.6 Å². The van der Waals surface area contributed by atoms with Crippen LogP contribution in [0.5, 0.6) is 0 Å². The van der Waals surface area contributed by atoms with Crippen molar-refractivity contribution in [1.82, 2.24) is 4.98 Å². The third kappa shape index (κ3) is 3.32. The van der Waals surface area contributed by atoms with Crippen molar-refractivity contribution in [1.29, 1.82) is 0 Å². The summed E-state index contributed by atoms with van der Waals surface area (Å²) in [4.78, 5) is 16.1. The van der Waals surface area contributed by atoms with Gasteiger partial charge in [-0.25, -0.2) is 4.39 Å². The van der Waals surface area contributed by atoms with E-state index in [-0.39, 0.29) is 17.4 Å². The van der Waals surface area contributed by atoms with Gasteiger partial charge < -0.3 is 10.6 Å². The molecule has 0 spiro atoms. The highest BCUT2D eigenvalue weighted by atomic mass is 19.1. The van der Waals surface area contributed by atoms with E-state index in [0.29, 0.717) is 5.69 Å². The fourth-order valence-corrected chi connectivity index (χ4v) is 1.78. The first-order chi connectivity index (χ1) is 9.60. The summed E-state index contributed by atoms with van der Waals surface area (Å²) in [6.45, 7) is 4.53. The van der Waals surface area contributed by atoms with E-state index in [1.165, 1.54) is 12.1 Å². The molecule has 2 N–H and O–H groups in total. The van der Waals surface area contributed by atoms with Crippen LogP contribution in [0, 0.1) is 12.7 Å². The van der Waals surface area contributed by atoms with Crippen molar-refractivity contribution in [3.05, 3.63) is 53.6 Å². The topological polar surface area (TPSA) is 54.0 Å². The molecule has 0 aliphatic rings. The molecule has 4 nitrogen and oxygen atoms in total. The normalized spacial score (nSPS) is 10.2. The van der Waals surface area contributed by atoms with E-state index in [1.807, 2.05) is 6.92 Å². The second-order valence-electron chi connectivity index (χ2n) is 4.37. The van der Waals surface area contributed by atoms with Crippen molar-refractivity contribution in [3.63, 3.8) is 0 Å². The number of nitrogens with one attached hydrogen (secondary N) is 2. The van der Waals surface area contributed by atoms with Gasteiger partial charge in [-0.3, -0.25) is 9.78 Å². The molecule has 0 unspecified atom stereocenters. The highest BCUT2D eigenvalue weighted by Gasteiger charge is 2.10. The van der Waals surface area contributed by atoms with Gasteiger partial charge in [0.25, 0.3) is 5.91 Å². The number of rotatable bonds is 4. The number of carbonyl (C=O) groups excluding carboxylic acids is 1. The standard InChI is InChI=1S/C15H16FN3O/c1-3-17-12-6-7-18-14(9-12)15(20)19-13-8-11(16)5-4-10(13)2/h4-9H,3H2,1-2H3,(H,17,18)(H,19,20). The molecule has 1 aromatic heterocycles. The first kappa shape index (κ1) is 14.0. The Morgan fingerprint density at radius 1 is 1.30 bits per heavy atom. The maximum absolute atomic E-state index is 13.2. The molecule has 5 heteroatoms. The van der Waals surface area contributed by atoms with E-state index in [2.05, 4.69) is 15.6 Å². The summed E-state index contributed by atoms with van der Waals surface area (Å²) in [6.07, 6.45) is 1.56. The van der Waals surface area contributed by atoms with Crippen molar-refractivity contribution in [2.24, 2.45) is 0 Å². The SMILES string of the molecule is CCNc1ccnc(C(=O)Nc2cc(F)ccc2C)c1. The molecule has 0 fully saturated rings. The zero-order valence-electron chi connectivity index (χ0n) is 11.4. The summed E-state index contributed by atoms with van der Waals surface area (Å²) >= 11 is 0. The fourth-order valence-electron chi connectivity index (χ4n) is 1.78. The molecule has 2 rings (SSSR count). The van der Waals surface area contributed by atoms with Crippen LogP contribution in [-0.4, -0.2) is 17.4 Å². The molecule has 2 aromatic rings. The molecule has 104 valence electrons. The van der Waals surface area contributed by atoms with Crippen LogP contribution >= 0.6 is 0 Å². The smallest absolute Gasteiger partial charge is 0.274 e. The lowest BCUT2D eigenvalue weighted by molar-refractivity contribution is 0.102. The number of aryl methyl sites for hydroxylation is 1. The van der Waals surface area contributed by atoms with Gasteiger partial charge in [-0.2, -0.15) is 0 Å².